The van der Waals surface area contributed by atoms with Gasteiger partial charge in [0.15, 0.2) is 5.17 Å². The maximum Gasteiger partial charge on any atom is 0.336 e. The molecule has 134 valence electrons. The third-order valence-electron chi connectivity index (χ3n) is 4.17. The van der Waals surface area contributed by atoms with Gasteiger partial charge >= 0.3 is 5.63 Å². The minimum absolute atomic E-state index is 0.125. The standard InChI is InChI=1S/C20H13ClN2O3S/c1-11-8-16-13(4-7-18(24)26-16)10-15(11)23-19(25)17(27-20(23)22)9-12-2-5-14(21)6-3-12/h2-10,22H,1H3/b17-9-,22-20?. The Balaban J connectivity index is 1.75. The largest absolute Gasteiger partial charge is 0.423 e. The summed E-state index contributed by atoms with van der Waals surface area (Å²) in [6.07, 6.45) is 1.74. The van der Waals surface area contributed by atoms with Crippen LogP contribution in [-0.4, -0.2) is 11.1 Å². The molecule has 7 heteroatoms. The molecule has 4 rings (SSSR count). The van der Waals surface area contributed by atoms with Gasteiger partial charge in [-0.15, -0.1) is 0 Å². The van der Waals surface area contributed by atoms with Crippen molar-refractivity contribution in [2.45, 2.75) is 6.92 Å². The lowest BCUT2D eigenvalue weighted by atomic mass is 10.1. The van der Waals surface area contributed by atoms with Crippen LogP contribution in [0.15, 0.2) is 62.6 Å². The van der Waals surface area contributed by atoms with E-state index in [0.717, 1.165) is 22.9 Å². The normalized spacial score (nSPS) is 15.9. The van der Waals surface area contributed by atoms with Gasteiger partial charge in [0.05, 0.1) is 10.6 Å². The van der Waals surface area contributed by atoms with Crippen molar-refractivity contribution < 1.29 is 9.21 Å². The van der Waals surface area contributed by atoms with Gasteiger partial charge < -0.3 is 4.42 Å². The van der Waals surface area contributed by atoms with Crippen LogP contribution in [0, 0.1) is 12.3 Å². The Bertz CT molecular complexity index is 1180. The number of nitrogens with one attached hydrogen (secondary N) is 1. The van der Waals surface area contributed by atoms with Gasteiger partial charge in [-0.05, 0) is 66.2 Å². The van der Waals surface area contributed by atoms with E-state index >= 15 is 0 Å². The summed E-state index contributed by atoms with van der Waals surface area (Å²) >= 11 is 7.00. The molecule has 1 aromatic heterocycles. The second-order valence-electron chi connectivity index (χ2n) is 6.04. The Hall–Kier alpha value is -2.83. The molecule has 0 bridgehead atoms. The highest BCUT2D eigenvalue weighted by Crippen LogP contribution is 2.37. The molecule has 1 aliphatic rings. The minimum Gasteiger partial charge on any atom is -0.423 e. The number of thioether (sulfide) groups is 1. The quantitative estimate of drug-likeness (QED) is 0.498. The van der Waals surface area contributed by atoms with Crippen LogP contribution < -0.4 is 10.5 Å². The Morgan fingerprint density at radius 1 is 1.11 bits per heavy atom. The van der Waals surface area contributed by atoms with Gasteiger partial charge in [-0.25, -0.2) is 4.79 Å². The zero-order valence-corrected chi connectivity index (χ0v) is 15.7. The van der Waals surface area contributed by atoms with Crippen LogP contribution in [0.2, 0.25) is 5.02 Å². The molecule has 1 fully saturated rings. The van der Waals surface area contributed by atoms with E-state index in [2.05, 4.69) is 0 Å². The third kappa shape index (κ3) is 3.29. The summed E-state index contributed by atoms with van der Waals surface area (Å²) in [5.74, 6) is -0.264. The summed E-state index contributed by atoms with van der Waals surface area (Å²) in [5.41, 5.74) is 2.19. The molecule has 1 amide bonds. The lowest BCUT2D eigenvalue weighted by Gasteiger charge is -2.17. The van der Waals surface area contributed by atoms with Gasteiger partial charge in [0.2, 0.25) is 0 Å². The fraction of sp³-hybridized carbons (Fsp3) is 0.0500. The summed E-state index contributed by atoms with van der Waals surface area (Å²) in [4.78, 5) is 26.1. The van der Waals surface area contributed by atoms with Crippen molar-refractivity contribution in [1.82, 2.24) is 0 Å². The second-order valence-corrected chi connectivity index (χ2v) is 7.51. The molecule has 0 saturated carbocycles. The maximum atomic E-state index is 12.9. The first-order valence-electron chi connectivity index (χ1n) is 8.05. The summed E-state index contributed by atoms with van der Waals surface area (Å²) in [7, 11) is 0. The van der Waals surface area contributed by atoms with Crippen LogP contribution in [0.25, 0.3) is 17.0 Å². The van der Waals surface area contributed by atoms with Crippen LogP contribution in [0.5, 0.6) is 0 Å². The summed E-state index contributed by atoms with van der Waals surface area (Å²) in [6, 6.07) is 13.6. The molecular formula is C20H13ClN2O3S. The lowest BCUT2D eigenvalue weighted by Crippen LogP contribution is -2.28. The van der Waals surface area contributed by atoms with Crippen molar-refractivity contribution in [3.8, 4) is 0 Å². The first-order chi connectivity index (χ1) is 12.9. The molecule has 1 aliphatic heterocycles. The van der Waals surface area contributed by atoms with Crippen LogP contribution in [0.3, 0.4) is 0 Å². The van der Waals surface area contributed by atoms with Gasteiger partial charge in [-0.3, -0.25) is 15.1 Å². The molecule has 1 N–H and O–H groups in total. The van der Waals surface area contributed by atoms with E-state index in [-0.39, 0.29) is 11.1 Å². The van der Waals surface area contributed by atoms with Crippen molar-refractivity contribution >= 4 is 57.2 Å². The molecule has 0 atom stereocenters. The fourth-order valence-electron chi connectivity index (χ4n) is 2.86. The summed E-state index contributed by atoms with van der Waals surface area (Å²) in [5, 5.41) is 9.71. The lowest BCUT2D eigenvalue weighted by molar-refractivity contribution is -0.113. The molecule has 0 radical (unpaired) electrons. The number of hydrogen-bond acceptors (Lipinski definition) is 5. The second kappa shape index (κ2) is 6.72. The van der Waals surface area contributed by atoms with Crippen molar-refractivity contribution in [1.29, 1.82) is 5.41 Å². The Morgan fingerprint density at radius 3 is 2.59 bits per heavy atom. The van der Waals surface area contributed by atoms with Crippen molar-refractivity contribution in [2.75, 3.05) is 4.90 Å². The van der Waals surface area contributed by atoms with Crippen LogP contribution in [0.1, 0.15) is 11.1 Å². The average molecular weight is 397 g/mol. The van der Waals surface area contributed by atoms with Gasteiger partial charge in [-0.2, -0.15) is 0 Å². The van der Waals surface area contributed by atoms with Gasteiger partial charge in [0, 0.05) is 16.5 Å². The topological polar surface area (TPSA) is 74.4 Å². The van der Waals surface area contributed by atoms with Crippen LogP contribution in [0.4, 0.5) is 5.69 Å². The number of rotatable bonds is 2. The minimum atomic E-state index is -0.427. The van der Waals surface area contributed by atoms with Crippen molar-refractivity contribution in [3.63, 3.8) is 0 Å². The highest BCUT2D eigenvalue weighted by Gasteiger charge is 2.34. The number of amides is 1. The average Bonchev–Trinajstić information content (AvgIpc) is 2.90. The zero-order chi connectivity index (χ0) is 19.1. The molecule has 0 aliphatic carbocycles. The number of nitrogens with zero attached hydrogens (tertiary/aromatic N) is 1. The number of anilines is 1. The number of benzene rings is 2. The predicted octanol–water partition coefficient (Wildman–Crippen LogP) is 4.81. The van der Waals surface area contributed by atoms with Crippen molar-refractivity contribution in [3.05, 3.63) is 80.0 Å². The number of fused-ring (bicyclic) bond motifs is 1. The van der Waals surface area contributed by atoms with Gasteiger partial charge in [0.1, 0.15) is 5.58 Å². The SMILES string of the molecule is Cc1cc2oc(=O)ccc2cc1N1C(=N)S/C(=C\c2ccc(Cl)cc2)C1=O. The fourth-order valence-corrected chi connectivity index (χ4v) is 3.84. The van der Waals surface area contributed by atoms with E-state index in [1.807, 2.05) is 19.1 Å². The summed E-state index contributed by atoms with van der Waals surface area (Å²) < 4.78 is 5.18. The van der Waals surface area contributed by atoms with Crippen molar-refractivity contribution in [2.24, 2.45) is 0 Å². The van der Waals surface area contributed by atoms with E-state index in [0.29, 0.717) is 26.6 Å². The smallest absolute Gasteiger partial charge is 0.336 e. The number of amidine groups is 1. The molecule has 2 heterocycles. The molecule has 1 saturated heterocycles. The highest BCUT2D eigenvalue weighted by molar-refractivity contribution is 8.19. The van der Waals surface area contributed by atoms with Crippen LogP contribution in [-0.2, 0) is 4.79 Å². The Morgan fingerprint density at radius 2 is 1.85 bits per heavy atom. The van der Waals surface area contributed by atoms with Gasteiger partial charge in [-0.1, -0.05) is 23.7 Å². The number of carbonyl (C=O) groups excluding carboxylic acids is 1. The van der Waals surface area contributed by atoms with Gasteiger partial charge in [0.25, 0.3) is 5.91 Å². The molecule has 3 aromatic rings. The van der Waals surface area contributed by atoms with E-state index in [1.54, 1.807) is 36.4 Å². The van der Waals surface area contributed by atoms with E-state index in [9.17, 15) is 9.59 Å². The molecule has 5 nitrogen and oxygen atoms in total. The first-order valence-corrected chi connectivity index (χ1v) is 9.24. The number of hydrogen-bond donors (Lipinski definition) is 1. The molecule has 0 unspecified atom stereocenters. The molecule has 2 aromatic carbocycles. The van der Waals surface area contributed by atoms with Crippen LogP contribution >= 0.6 is 23.4 Å². The summed E-state index contributed by atoms with van der Waals surface area (Å²) in [6.45, 7) is 1.81. The number of carbonyl (C=O) groups is 1. The van der Waals surface area contributed by atoms with E-state index in [4.69, 9.17) is 21.4 Å². The molecular weight excluding hydrogens is 384 g/mol. The maximum absolute atomic E-state index is 12.9. The Labute approximate surface area is 163 Å². The monoisotopic (exact) mass is 396 g/mol. The zero-order valence-electron chi connectivity index (χ0n) is 14.2. The predicted molar refractivity (Wildman–Crippen MR) is 109 cm³/mol. The number of halogens is 1. The third-order valence-corrected chi connectivity index (χ3v) is 5.31. The van der Waals surface area contributed by atoms with E-state index in [1.165, 1.54) is 11.0 Å². The van der Waals surface area contributed by atoms with E-state index < -0.39 is 5.63 Å². The Kier molecular flexibility index (Phi) is 4.37. The first kappa shape index (κ1) is 17.6. The molecule has 27 heavy (non-hydrogen) atoms. The highest BCUT2D eigenvalue weighted by atomic mass is 35.5. The molecule has 0 spiro atoms. The number of aryl methyl sites for hydroxylation is 1.